The van der Waals surface area contributed by atoms with Crippen molar-refractivity contribution in [1.29, 1.82) is 0 Å². The maximum atomic E-state index is 12.3. The monoisotopic (exact) mass is 331 g/mol. The minimum Gasteiger partial charge on any atom is -0.350 e. The lowest BCUT2D eigenvalue weighted by molar-refractivity contribution is 0.0939. The molecule has 1 aromatic heterocycles. The van der Waals surface area contributed by atoms with E-state index >= 15 is 0 Å². The molecule has 1 aliphatic rings. The lowest BCUT2D eigenvalue weighted by atomic mass is 10.00. The van der Waals surface area contributed by atoms with Crippen molar-refractivity contribution in [3.63, 3.8) is 0 Å². The van der Waals surface area contributed by atoms with Gasteiger partial charge >= 0.3 is 0 Å². The summed E-state index contributed by atoms with van der Waals surface area (Å²) in [6.07, 6.45) is 3.41. The van der Waals surface area contributed by atoms with Gasteiger partial charge < -0.3 is 10.2 Å². The van der Waals surface area contributed by atoms with Crippen molar-refractivity contribution < 1.29 is 4.79 Å². The summed E-state index contributed by atoms with van der Waals surface area (Å²) >= 11 is 1.70. The number of carbonyl (C=O) groups excluding carboxylic acids is 1. The van der Waals surface area contributed by atoms with E-state index < -0.39 is 0 Å². The first-order valence-electron chi connectivity index (χ1n) is 8.53. The number of nitrogens with one attached hydrogen (secondary N) is 1. The van der Waals surface area contributed by atoms with Crippen LogP contribution in [0, 0.1) is 5.92 Å². The van der Waals surface area contributed by atoms with E-state index in [0.717, 1.165) is 46.3 Å². The normalized spacial score (nSPS) is 17.4. The quantitative estimate of drug-likeness (QED) is 0.919. The summed E-state index contributed by atoms with van der Waals surface area (Å²) in [6, 6.07) is 6.02. The lowest BCUT2D eigenvalue weighted by Crippen LogP contribution is -2.32. The van der Waals surface area contributed by atoms with Crippen LogP contribution < -0.4 is 10.2 Å². The number of amides is 1. The zero-order chi connectivity index (χ0) is 16.4. The van der Waals surface area contributed by atoms with E-state index in [2.05, 4.69) is 24.1 Å². The Morgan fingerprint density at radius 1 is 1.43 bits per heavy atom. The molecule has 1 atom stereocenters. The number of nitrogens with zero attached hydrogens (tertiary/aromatic N) is 2. The van der Waals surface area contributed by atoms with Crippen LogP contribution in [0.1, 0.15) is 50.4 Å². The van der Waals surface area contributed by atoms with E-state index in [1.165, 1.54) is 12.8 Å². The van der Waals surface area contributed by atoms with Crippen molar-refractivity contribution >= 4 is 32.6 Å². The average Bonchev–Trinajstić information content (AvgIpc) is 2.98. The molecule has 4 nitrogen and oxygen atoms in total. The van der Waals surface area contributed by atoms with Crippen LogP contribution in [0.3, 0.4) is 0 Å². The summed E-state index contributed by atoms with van der Waals surface area (Å²) in [6.45, 7) is 8.59. The third-order valence-corrected chi connectivity index (χ3v) is 5.76. The van der Waals surface area contributed by atoms with E-state index in [4.69, 9.17) is 4.98 Å². The molecule has 5 heteroatoms. The van der Waals surface area contributed by atoms with Gasteiger partial charge in [-0.1, -0.05) is 25.2 Å². The SMILES string of the molecule is CCC(C)NC(=O)c1ccc2nc(N3CCC(C)CC3)sc2c1. The third kappa shape index (κ3) is 3.66. The molecule has 0 aliphatic carbocycles. The van der Waals surface area contributed by atoms with Gasteiger partial charge in [0.2, 0.25) is 0 Å². The Kier molecular flexibility index (Phi) is 4.85. The molecule has 2 heterocycles. The number of fused-ring (bicyclic) bond motifs is 1. The number of rotatable bonds is 4. The minimum absolute atomic E-state index is 0.00278. The van der Waals surface area contributed by atoms with E-state index in [9.17, 15) is 4.79 Å². The molecule has 23 heavy (non-hydrogen) atoms. The molecule has 0 bridgehead atoms. The number of hydrogen-bond acceptors (Lipinski definition) is 4. The molecular weight excluding hydrogens is 306 g/mol. The van der Waals surface area contributed by atoms with E-state index in [0.29, 0.717) is 0 Å². The molecule has 1 aromatic carbocycles. The first-order chi connectivity index (χ1) is 11.1. The summed E-state index contributed by atoms with van der Waals surface area (Å²) in [5.74, 6) is 0.819. The Morgan fingerprint density at radius 3 is 2.87 bits per heavy atom. The first-order valence-corrected chi connectivity index (χ1v) is 9.35. The number of piperidine rings is 1. The van der Waals surface area contributed by atoms with Gasteiger partial charge in [0.15, 0.2) is 5.13 Å². The van der Waals surface area contributed by atoms with Crippen molar-refractivity contribution in [1.82, 2.24) is 10.3 Å². The van der Waals surface area contributed by atoms with Gasteiger partial charge in [0.05, 0.1) is 10.2 Å². The van der Waals surface area contributed by atoms with Crippen LogP contribution in [-0.2, 0) is 0 Å². The zero-order valence-electron chi connectivity index (χ0n) is 14.1. The van der Waals surface area contributed by atoms with Crippen molar-refractivity contribution in [3.05, 3.63) is 23.8 Å². The largest absolute Gasteiger partial charge is 0.350 e. The van der Waals surface area contributed by atoms with Crippen LogP contribution in [-0.4, -0.2) is 30.0 Å². The van der Waals surface area contributed by atoms with Crippen LogP contribution >= 0.6 is 11.3 Å². The molecule has 1 fully saturated rings. The molecule has 0 saturated carbocycles. The maximum Gasteiger partial charge on any atom is 0.251 e. The van der Waals surface area contributed by atoms with Crippen LogP contribution in [0.15, 0.2) is 18.2 Å². The van der Waals surface area contributed by atoms with Gasteiger partial charge in [-0.05, 0) is 50.3 Å². The molecule has 1 amide bonds. The van der Waals surface area contributed by atoms with Crippen LogP contribution in [0.25, 0.3) is 10.2 Å². The number of thiazole rings is 1. The highest BCUT2D eigenvalue weighted by Gasteiger charge is 2.19. The van der Waals surface area contributed by atoms with Crippen molar-refractivity contribution in [2.75, 3.05) is 18.0 Å². The van der Waals surface area contributed by atoms with Gasteiger partial charge in [0.25, 0.3) is 5.91 Å². The lowest BCUT2D eigenvalue weighted by Gasteiger charge is -2.29. The fourth-order valence-corrected chi connectivity index (χ4v) is 3.85. The number of anilines is 1. The second-order valence-electron chi connectivity index (χ2n) is 6.63. The van der Waals surface area contributed by atoms with E-state index in [1.807, 2.05) is 25.1 Å². The molecule has 1 aliphatic heterocycles. The van der Waals surface area contributed by atoms with Crippen LogP contribution in [0.4, 0.5) is 5.13 Å². The Bertz CT molecular complexity index is 689. The van der Waals surface area contributed by atoms with Gasteiger partial charge in [-0.15, -0.1) is 0 Å². The van der Waals surface area contributed by atoms with Gasteiger partial charge in [-0.2, -0.15) is 0 Å². The van der Waals surface area contributed by atoms with Crippen molar-refractivity contribution in [3.8, 4) is 0 Å². The molecule has 0 radical (unpaired) electrons. The third-order valence-electron chi connectivity index (χ3n) is 4.68. The second-order valence-corrected chi connectivity index (χ2v) is 7.64. The topological polar surface area (TPSA) is 45.2 Å². The fraction of sp³-hybridized carbons (Fsp3) is 0.556. The first kappa shape index (κ1) is 16.2. The summed E-state index contributed by atoms with van der Waals surface area (Å²) < 4.78 is 1.09. The highest BCUT2D eigenvalue weighted by molar-refractivity contribution is 7.22. The smallest absolute Gasteiger partial charge is 0.251 e. The number of benzene rings is 1. The molecular formula is C18H25N3OS. The molecule has 3 rings (SSSR count). The zero-order valence-corrected chi connectivity index (χ0v) is 14.9. The standard InChI is InChI=1S/C18H25N3OS/c1-4-13(3)19-17(22)14-5-6-15-16(11-14)23-18(20-15)21-9-7-12(2)8-10-21/h5-6,11-13H,4,7-10H2,1-3H3,(H,19,22). The molecule has 124 valence electrons. The van der Waals surface area contributed by atoms with Gasteiger partial charge in [-0.25, -0.2) is 4.98 Å². The average molecular weight is 331 g/mol. The summed E-state index contributed by atoms with van der Waals surface area (Å²) in [4.78, 5) is 19.4. The van der Waals surface area contributed by atoms with E-state index in [1.54, 1.807) is 11.3 Å². The Labute approximate surface area is 141 Å². The Hall–Kier alpha value is -1.62. The molecule has 1 unspecified atom stereocenters. The fourth-order valence-electron chi connectivity index (χ4n) is 2.80. The molecule has 2 aromatic rings. The summed E-state index contributed by atoms with van der Waals surface area (Å²) in [5.41, 5.74) is 1.71. The highest BCUT2D eigenvalue weighted by atomic mass is 32.1. The predicted molar refractivity (Wildman–Crippen MR) is 97.5 cm³/mol. The Morgan fingerprint density at radius 2 is 2.17 bits per heavy atom. The van der Waals surface area contributed by atoms with Gasteiger partial charge in [-0.3, -0.25) is 4.79 Å². The molecule has 1 N–H and O–H groups in total. The number of carbonyl (C=O) groups is 1. The van der Waals surface area contributed by atoms with E-state index in [-0.39, 0.29) is 11.9 Å². The van der Waals surface area contributed by atoms with Gasteiger partial charge in [0, 0.05) is 24.7 Å². The summed E-state index contributed by atoms with van der Waals surface area (Å²) in [7, 11) is 0. The Balaban J connectivity index is 1.79. The summed E-state index contributed by atoms with van der Waals surface area (Å²) in [5, 5.41) is 4.11. The van der Waals surface area contributed by atoms with Gasteiger partial charge in [0.1, 0.15) is 0 Å². The van der Waals surface area contributed by atoms with Crippen LogP contribution in [0.2, 0.25) is 0 Å². The molecule has 0 spiro atoms. The highest BCUT2D eigenvalue weighted by Crippen LogP contribution is 2.32. The molecule has 1 saturated heterocycles. The van der Waals surface area contributed by atoms with Crippen LogP contribution in [0.5, 0.6) is 0 Å². The predicted octanol–water partition coefficient (Wildman–Crippen LogP) is 4.06. The minimum atomic E-state index is 0.00278. The maximum absolute atomic E-state index is 12.3. The number of hydrogen-bond donors (Lipinski definition) is 1. The number of aromatic nitrogens is 1. The second kappa shape index (κ2) is 6.87. The van der Waals surface area contributed by atoms with Crippen molar-refractivity contribution in [2.24, 2.45) is 5.92 Å². The van der Waals surface area contributed by atoms with Crippen molar-refractivity contribution in [2.45, 2.75) is 46.1 Å².